The van der Waals surface area contributed by atoms with Crippen molar-refractivity contribution in [3.63, 3.8) is 0 Å². The van der Waals surface area contributed by atoms with Crippen LogP contribution in [-0.4, -0.2) is 0 Å². The molecule has 1 aliphatic rings. The number of hydrogen-bond acceptors (Lipinski definition) is 0. The highest BCUT2D eigenvalue weighted by atomic mass is 19.4. The fraction of sp³-hybridized carbons (Fsp3) is 0.500. The number of halogens is 4. The molecular weight excluding hydrogens is 316 g/mol. The van der Waals surface area contributed by atoms with E-state index in [0.717, 1.165) is 30.9 Å². The van der Waals surface area contributed by atoms with E-state index < -0.39 is 17.6 Å². The summed E-state index contributed by atoms with van der Waals surface area (Å²) < 4.78 is 50.9. The molecule has 0 atom stereocenters. The molecule has 130 valence electrons. The molecule has 0 aliphatic heterocycles. The third-order valence-corrected chi connectivity index (χ3v) is 4.53. The number of hydrogen-bond donors (Lipinski definition) is 0. The van der Waals surface area contributed by atoms with Gasteiger partial charge < -0.3 is 0 Å². The molecular formula is C20H22F4. The van der Waals surface area contributed by atoms with Crippen LogP contribution in [0.4, 0.5) is 17.6 Å². The van der Waals surface area contributed by atoms with Crippen LogP contribution in [0.3, 0.4) is 0 Å². The molecule has 0 radical (unpaired) electrons. The first-order chi connectivity index (χ1) is 11.4. The molecule has 0 unspecified atom stereocenters. The van der Waals surface area contributed by atoms with Crippen molar-refractivity contribution in [2.24, 2.45) is 11.8 Å². The lowest BCUT2D eigenvalue weighted by atomic mass is 9.80. The second-order valence-electron chi connectivity index (χ2n) is 6.39. The van der Waals surface area contributed by atoms with Crippen LogP contribution in [-0.2, 0) is 6.18 Å². The molecule has 1 aromatic rings. The summed E-state index contributed by atoms with van der Waals surface area (Å²) in [5.41, 5.74) is -1.01. The van der Waals surface area contributed by atoms with Gasteiger partial charge in [-0.2, -0.15) is 13.2 Å². The maximum Gasteiger partial charge on any atom is 0.419 e. The highest BCUT2D eigenvalue weighted by Gasteiger charge is 2.33. The summed E-state index contributed by atoms with van der Waals surface area (Å²) in [5.74, 6) is 5.57. The summed E-state index contributed by atoms with van der Waals surface area (Å²) in [4.78, 5) is 0. The molecule has 0 bridgehead atoms. The maximum absolute atomic E-state index is 13.4. The van der Waals surface area contributed by atoms with Crippen LogP contribution in [0.25, 0.3) is 0 Å². The monoisotopic (exact) mass is 338 g/mol. The number of rotatable bonds is 3. The van der Waals surface area contributed by atoms with Gasteiger partial charge in [0.15, 0.2) is 0 Å². The lowest BCUT2D eigenvalue weighted by Crippen LogP contribution is -2.12. The van der Waals surface area contributed by atoms with Gasteiger partial charge in [0.1, 0.15) is 5.82 Å². The van der Waals surface area contributed by atoms with E-state index in [4.69, 9.17) is 0 Å². The van der Waals surface area contributed by atoms with Crippen molar-refractivity contribution in [2.75, 3.05) is 0 Å². The van der Waals surface area contributed by atoms with Crippen molar-refractivity contribution in [3.05, 3.63) is 47.3 Å². The van der Waals surface area contributed by atoms with E-state index in [9.17, 15) is 17.6 Å². The smallest absolute Gasteiger partial charge is 0.206 e. The van der Waals surface area contributed by atoms with Gasteiger partial charge in [0.05, 0.1) is 5.56 Å². The van der Waals surface area contributed by atoms with Gasteiger partial charge in [0.2, 0.25) is 0 Å². The Morgan fingerprint density at radius 1 is 1.17 bits per heavy atom. The summed E-state index contributed by atoms with van der Waals surface area (Å²) in [6, 6.07) is 2.76. The van der Waals surface area contributed by atoms with Crippen molar-refractivity contribution in [1.82, 2.24) is 0 Å². The summed E-state index contributed by atoms with van der Waals surface area (Å²) in [5, 5.41) is 0. The summed E-state index contributed by atoms with van der Waals surface area (Å²) >= 11 is 0. The zero-order chi connectivity index (χ0) is 17.6. The number of allylic oxidation sites excluding steroid dienone is 2. The van der Waals surface area contributed by atoms with Crippen LogP contribution in [0, 0.1) is 29.5 Å². The highest BCUT2D eigenvalue weighted by molar-refractivity contribution is 5.39. The molecule has 1 saturated carbocycles. The van der Waals surface area contributed by atoms with Gasteiger partial charge in [-0.15, -0.1) is 0 Å². The molecule has 0 saturated heterocycles. The molecule has 2 rings (SSSR count). The van der Waals surface area contributed by atoms with Crippen molar-refractivity contribution < 1.29 is 17.6 Å². The Hall–Kier alpha value is -1.76. The summed E-state index contributed by atoms with van der Waals surface area (Å²) in [7, 11) is 0. The van der Waals surface area contributed by atoms with E-state index in [1.54, 1.807) is 6.08 Å². The minimum atomic E-state index is -4.67. The van der Waals surface area contributed by atoms with Crippen LogP contribution in [0.5, 0.6) is 0 Å². The van der Waals surface area contributed by atoms with E-state index in [0.29, 0.717) is 5.92 Å². The van der Waals surface area contributed by atoms with Crippen molar-refractivity contribution in [1.29, 1.82) is 0 Å². The predicted molar refractivity (Wildman–Crippen MR) is 87.8 cm³/mol. The Bertz CT molecular complexity index is 623. The first-order valence-electron chi connectivity index (χ1n) is 8.45. The Balaban J connectivity index is 1.91. The molecule has 1 aliphatic carbocycles. The fourth-order valence-corrected chi connectivity index (χ4v) is 3.21. The quantitative estimate of drug-likeness (QED) is 0.444. The number of alkyl halides is 3. The third-order valence-electron chi connectivity index (χ3n) is 4.53. The largest absolute Gasteiger partial charge is 0.419 e. The van der Waals surface area contributed by atoms with Gasteiger partial charge in [-0.25, -0.2) is 4.39 Å². The molecule has 24 heavy (non-hydrogen) atoms. The van der Waals surface area contributed by atoms with Gasteiger partial charge in [-0.1, -0.05) is 37.7 Å². The van der Waals surface area contributed by atoms with Crippen LogP contribution in [0.2, 0.25) is 0 Å². The van der Waals surface area contributed by atoms with Crippen LogP contribution >= 0.6 is 0 Å². The van der Waals surface area contributed by atoms with E-state index in [-0.39, 0.29) is 5.56 Å². The van der Waals surface area contributed by atoms with Crippen LogP contribution in [0.1, 0.15) is 56.6 Å². The Morgan fingerprint density at radius 3 is 2.46 bits per heavy atom. The molecule has 1 fully saturated rings. The predicted octanol–water partition coefficient (Wildman–Crippen LogP) is 6.36. The molecule has 0 spiro atoms. The molecule has 0 amide bonds. The van der Waals surface area contributed by atoms with E-state index >= 15 is 0 Å². The van der Waals surface area contributed by atoms with Gasteiger partial charge in [0, 0.05) is 5.56 Å². The summed E-state index contributed by atoms with van der Waals surface area (Å²) in [6.07, 6.45) is 6.49. The average molecular weight is 338 g/mol. The van der Waals surface area contributed by atoms with Crippen molar-refractivity contribution in [3.8, 4) is 11.8 Å². The molecule has 1 aromatic carbocycles. The lowest BCUT2D eigenvalue weighted by Gasteiger charge is -2.26. The van der Waals surface area contributed by atoms with Crippen LogP contribution < -0.4 is 0 Å². The molecule has 0 nitrogen and oxygen atoms in total. The second kappa shape index (κ2) is 8.37. The normalized spacial score (nSPS) is 21.5. The van der Waals surface area contributed by atoms with Gasteiger partial charge in [-0.05, 0) is 61.8 Å². The summed E-state index contributed by atoms with van der Waals surface area (Å²) in [6.45, 7) is 2.21. The zero-order valence-electron chi connectivity index (χ0n) is 13.8. The van der Waals surface area contributed by atoms with E-state index in [1.807, 2.05) is 0 Å². The zero-order valence-corrected chi connectivity index (χ0v) is 13.8. The molecule has 4 heteroatoms. The third kappa shape index (κ3) is 5.40. The van der Waals surface area contributed by atoms with Crippen molar-refractivity contribution >= 4 is 0 Å². The minimum absolute atomic E-state index is 0.247. The molecule has 0 aromatic heterocycles. The number of benzene rings is 1. The minimum Gasteiger partial charge on any atom is -0.206 e. The van der Waals surface area contributed by atoms with Gasteiger partial charge in [-0.3, -0.25) is 0 Å². The fourth-order valence-electron chi connectivity index (χ4n) is 3.21. The lowest BCUT2D eigenvalue weighted by molar-refractivity contribution is -0.140. The average Bonchev–Trinajstić information content (AvgIpc) is 2.52. The highest BCUT2D eigenvalue weighted by Crippen LogP contribution is 2.32. The Labute approximate surface area is 141 Å². The maximum atomic E-state index is 13.4. The van der Waals surface area contributed by atoms with Crippen LogP contribution in [0.15, 0.2) is 30.4 Å². The van der Waals surface area contributed by atoms with E-state index in [1.165, 1.54) is 31.7 Å². The first-order valence-corrected chi connectivity index (χ1v) is 8.45. The van der Waals surface area contributed by atoms with Crippen molar-refractivity contribution in [2.45, 2.75) is 51.6 Å². The Kier molecular flexibility index (Phi) is 6.48. The SMILES string of the molecule is CCCC1CCC(/C=C/C#Cc2ccc(C(F)(F)F)c(F)c2)CC1. The second-order valence-corrected chi connectivity index (χ2v) is 6.39. The van der Waals surface area contributed by atoms with Gasteiger partial charge in [0.25, 0.3) is 0 Å². The van der Waals surface area contributed by atoms with E-state index in [2.05, 4.69) is 24.8 Å². The first kappa shape index (κ1) is 18.6. The molecule has 0 heterocycles. The topological polar surface area (TPSA) is 0 Å². The van der Waals surface area contributed by atoms with Gasteiger partial charge >= 0.3 is 6.18 Å². The Morgan fingerprint density at radius 2 is 1.88 bits per heavy atom. The standard InChI is InChI=1S/C20H22F4/c1-2-5-15-8-10-16(11-9-15)6-3-4-7-17-12-13-18(19(21)14-17)20(22,23)24/h3,6,12-16H,2,5,8-11H2,1H3/b6-3+. The molecule has 0 N–H and O–H groups in total.